The van der Waals surface area contributed by atoms with Crippen molar-refractivity contribution >= 4 is 27.3 Å². The Bertz CT molecular complexity index is 583. The van der Waals surface area contributed by atoms with Crippen LogP contribution in [0.4, 0.5) is 0 Å². The molecule has 0 radical (unpaired) electrons. The van der Waals surface area contributed by atoms with Crippen molar-refractivity contribution in [1.29, 1.82) is 0 Å². The first-order chi connectivity index (χ1) is 10.2. The Labute approximate surface area is 137 Å². The van der Waals surface area contributed by atoms with Crippen molar-refractivity contribution in [3.63, 3.8) is 0 Å². The predicted molar refractivity (Wildman–Crippen MR) is 89.5 cm³/mol. The fourth-order valence-electron chi connectivity index (χ4n) is 2.04. The van der Waals surface area contributed by atoms with Crippen LogP contribution in [0.25, 0.3) is 0 Å². The van der Waals surface area contributed by atoms with Crippen LogP contribution in [0.5, 0.6) is 11.5 Å². The zero-order chi connectivity index (χ0) is 15.2. The van der Waals surface area contributed by atoms with Gasteiger partial charge < -0.3 is 14.6 Å². The molecule has 1 aromatic carbocycles. The zero-order valence-corrected chi connectivity index (χ0v) is 14.5. The average Bonchev–Trinajstić information content (AvgIpc) is 2.86. The van der Waals surface area contributed by atoms with E-state index < -0.39 is 6.10 Å². The van der Waals surface area contributed by atoms with Gasteiger partial charge in [0.1, 0.15) is 0 Å². The molecule has 0 aliphatic heterocycles. The minimum atomic E-state index is -0.560. The summed E-state index contributed by atoms with van der Waals surface area (Å²) >= 11 is 5.13. The van der Waals surface area contributed by atoms with Gasteiger partial charge in [-0.1, -0.05) is 6.07 Å². The lowest BCUT2D eigenvalue weighted by Crippen LogP contribution is -2.04. The molecule has 0 bridgehead atoms. The van der Waals surface area contributed by atoms with E-state index in [1.54, 1.807) is 11.3 Å². The summed E-state index contributed by atoms with van der Waals surface area (Å²) in [6, 6.07) is 7.60. The number of hydrogen-bond donors (Lipinski definition) is 1. The lowest BCUT2D eigenvalue weighted by molar-refractivity contribution is 0.178. The van der Waals surface area contributed by atoms with Gasteiger partial charge in [-0.15, -0.1) is 11.3 Å². The van der Waals surface area contributed by atoms with E-state index in [4.69, 9.17) is 9.47 Å². The summed E-state index contributed by atoms with van der Waals surface area (Å²) in [6.45, 7) is 5.02. The number of aliphatic hydroxyl groups excluding tert-OH is 1. The molecular weight excluding hydrogens is 352 g/mol. The molecule has 21 heavy (non-hydrogen) atoms. The van der Waals surface area contributed by atoms with Crippen LogP contribution in [0.15, 0.2) is 34.1 Å². The molecule has 1 atom stereocenters. The second-order valence-electron chi connectivity index (χ2n) is 4.48. The van der Waals surface area contributed by atoms with E-state index in [0.29, 0.717) is 31.1 Å². The maximum absolute atomic E-state index is 10.4. The van der Waals surface area contributed by atoms with Crippen LogP contribution in [-0.2, 0) is 6.42 Å². The van der Waals surface area contributed by atoms with E-state index >= 15 is 0 Å². The minimum Gasteiger partial charge on any atom is -0.490 e. The highest BCUT2D eigenvalue weighted by molar-refractivity contribution is 9.10. The average molecular weight is 371 g/mol. The fourth-order valence-corrected chi connectivity index (χ4v) is 3.59. The molecule has 1 unspecified atom stereocenters. The monoisotopic (exact) mass is 370 g/mol. The smallest absolute Gasteiger partial charge is 0.161 e. The molecule has 5 heteroatoms. The molecule has 2 rings (SSSR count). The molecule has 0 saturated heterocycles. The molecule has 114 valence electrons. The van der Waals surface area contributed by atoms with Gasteiger partial charge in [-0.3, -0.25) is 0 Å². The van der Waals surface area contributed by atoms with Crippen molar-refractivity contribution in [2.45, 2.75) is 26.4 Å². The number of hydrogen-bond acceptors (Lipinski definition) is 4. The summed E-state index contributed by atoms with van der Waals surface area (Å²) in [5.41, 5.74) is 0.835. The molecule has 2 aromatic rings. The first-order valence-corrected chi connectivity index (χ1v) is 8.62. The van der Waals surface area contributed by atoms with Gasteiger partial charge >= 0.3 is 0 Å². The predicted octanol–water partition coefficient (Wildman–Crippen LogP) is 4.58. The Balaban J connectivity index is 2.18. The molecule has 1 N–H and O–H groups in total. The van der Waals surface area contributed by atoms with Gasteiger partial charge in [-0.05, 0) is 58.9 Å². The third kappa shape index (κ3) is 4.22. The standard InChI is InChI=1S/C16H19BrO3S/c1-3-19-14-6-5-11(9-15(14)20-4-2)13(18)10-16-12(17)7-8-21-16/h5-9,13,18H,3-4,10H2,1-2H3. The number of halogens is 1. The van der Waals surface area contributed by atoms with Crippen LogP contribution in [0.1, 0.15) is 30.4 Å². The molecule has 3 nitrogen and oxygen atoms in total. The van der Waals surface area contributed by atoms with Crippen LogP contribution in [0.2, 0.25) is 0 Å². The second kappa shape index (κ2) is 7.82. The van der Waals surface area contributed by atoms with Crippen LogP contribution in [0.3, 0.4) is 0 Å². The molecular formula is C16H19BrO3S. The molecule has 1 aromatic heterocycles. The lowest BCUT2D eigenvalue weighted by Gasteiger charge is -2.15. The van der Waals surface area contributed by atoms with Gasteiger partial charge in [-0.25, -0.2) is 0 Å². The van der Waals surface area contributed by atoms with Crippen LogP contribution in [-0.4, -0.2) is 18.3 Å². The Morgan fingerprint density at radius 3 is 2.48 bits per heavy atom. The Kier molecular flexibility index (Phi) is 6.08. The SMILES string of the molecule is CCOc1ccc(C(O)Cc2sccc2Br)cc1OCC. The van der Waals surface area contributed by atoms with E-state index in [2.05, 4.69) is 15.9 Å². The Morgan fingerprint density at radius 1 is 1.14 bits per heavy atom. The molecule has 0 aliphatic rings. The number of rotatable bonds is 7. The topological polar surface area (TPSA) is 38.7 Å². The van der Waals surface area contributed by atoms with Gasteiger partial charge in [0.05, 0.1) is 19.3 Å². The van der Waals surface area contributed by atoms with Crippen molar-refractivity contribution in [1.82, 2.24) is 0 Å². The van der Waals surface area contributed by atoms with Crippen molar-refractivity contribution in [3.8, 4) is 11.5 Å². The molecule has 0 spiro atoms. The van der Waals surface area contributed by atoms with Gasteiger partial charge in [0.2, 0.25) is 0 Å². The fraction of sp³-hybridized carbons (Fsp3) is 0.375. The maximum atomic E-state index is 10.4. The van der Waals surface area contributed by atoms with Crippen LogP contribution >= 0.6 is 27.3 Å². The summed E-state index contributed by atoms with van der Waals surface area (Å²) in [4.78, 5) is 1.13. The van der Waals surface area contributed by atoms with E-state index in [1.807, 2.05) is 43.5 Å². The molecule has 1 heterocycles. The van der Waals surface area contributed by atoms with Gasteiger partial charge in [0.25, 0.3) is 0 Å². The Morgan fingerprint density at radius 2 is 1.86 bits per heavy atom. The van der Waals surface area contributed by atoms with Crippen molar-refractivity contribution in [2.24, 2.45) is 0 Å². The van der Waals surface area contributed by atoms with E-state index in [1.165, 1.54) is 0 Å². The first-order valence-electron chi connectivity index (χ1n) is 6.95. The minimum absolute atomic E-state index is 0.560. The second-order valence-corrected chi connectivity index (χ2v) is 6.34. The summed E-state index contributed by atoms with van der Waals surface area (Å²) in [5, 5.41) is 12.4. The molecule has 0 fully saturated rings. The summed E-state index contributed by atoms with van der Waals surface area (Å²) in [6.07, 6.45) is 0.0208. The lowest BCUT2D eigenvalue weighted by atomic mass is 10.1. The van der Waals surface area contributed by atoms with E-state index in [-0.39, 0.29) is 0 Å². The quantitative estimate of drug-likeness (QED) is 0.774. The van der Waals surface area contributed by atoms with E-state index in [0.717, 1.165) is 14.9 Å². The largest absolute Gasteiger partial charge is 0.490 e. The summed E-state index contributed by atoms with van der Waals surface area (Å²) in [7, 11) is 0. The third-order valence-electron chi connectivity index (χ3n) is 3.02. The zero-order valence-electron chi connectivity index (χ0n) is 12.1. The van der Waals surface area contributed by atoms with Gasteiger partial charge in [0, 0.05) is 15.8 Å². The van der Waals surface area contributed by atoms with Crippen molar-refractivity contribution in [3.05, 3.63) is 44.6 Å². The molecule has 0 aliphatic carbocycles. The first kappa shape index (κ1) is 16.3. The number of benzene rings is 1. The molecule has 0 amide bonds. The normalized spacial score (nSPS) is 12.2. The number of thiophene rings is 1. The van der Waals surface area contributed by atoms with Crippen LogP contribution < -0.4 is 9.47 Å². The van der Waals surface area contributed by atoms with Crippen LogP contribution in [0, 0.1) is 0 Å². The Hall–Kier alpha value is -1.04. The number of aliphatic hydroxyl groups is 1. The maximum Gasteiger partial charge on any atom is 0.161 e. The van der Waals surface area contributed by atoms with Crippen molar-refractivity contribution in [2.75, 3.05) is 13.2 Å². The molecule has 0 saturated carbocycles. The van der Waals surface area contributed by atoms with E-state index in [9.17, 15) is 5.11 Å². The van der Waals surface area contributed by atoms with Crippen molar-refractivity contribution < 1.29 is 14.6 Å². The van der Waals surface area contributed by atoms with Gasteiger partial charge in [-0.2, -0.15) is 0 Å². The number of ether oxygens (including phenoxy) is 2. The highest BCUT2D eigenvalue weighted by Crippen LogP contribution is 2.33. The third-order valence-corrected chi connectivity index (χ3v) is 4.97. The highest BCUT2D eigenvalue weighted by Gasteiger charge is 2.15. The van der Waals surface area contributed by atoms with Gasteiger partial charge in [0.15, 0.2) is 11.5 Å². The summed E-state index contributed by atoms with van der Waals surface area (Å²) in [5.74, 6) is 1.40. The highest BCUT2D eigenvalue weighted by atomic mass is 79.9. The summed E-state index contributed by atoms with van der Waals surface area (Å²) < 4.78 is 12.2.